The van der Waals surface area contributed by atoms with Crippen LogP contribution in [0.3, 0.4) is 0 Å². The second-order valence-corrected chi connectivity index (χ2v) is 8.82. The number of alkyl halides is 1. The Morgan fingerprint density at radius 2 is 2.09 bits per heavy atom. The molecule has 8 nitrogen and oxygen atoms in total. The number of aliphatic hydroxyl groups is 2. The Balaban J connectivity index is 1.44. The molecule has 32 heavy (non-hydrogen) atoms. The van der Waals surface area contributed by atoms with Crippen LogP contribution in [0.5, 0.6) is 0 Å². The van der Waals surface area contributed by atoms with Crippen molar-refractivity contribution >= 4 is 17.4 Å². The normalized spacial score (nSPS) is 29.2. The van der Waals surface area contributed by atoms with Gasteiger partial charge in [-0.15, -0.1) is 0 Å². The SMILES string of the molecule is Cc1cccc([C@H]2C[C@H](F)CN2C(=O)C2=NCc3ncnc(N[C@@H]4CC[C@@H](O)[C@H]4O)c32)c1. The number of fused-ring (bicyclic) bond motifs is 1. The molecular weight excluding hydrogens is 413 g/mol. The quantitative estimate of drug-likeness (QED) is 0.669. The summed E-state index contributed by atoms with van der Waals surface area (Å²) in [4.78, 5) is 28.1. The number of rotatable bonds is 4. The van der Waals surface area contributed by atoms with Gasteiger partial charge >= 0.3 is 0 Å². The Hall–Kier alpha value is -2.91. The number of aliphatic imine (C=N–C) groups is 1. The van der Waals surface area contributed by atoms with Crippen molar-refractivity contribution in [1.29, 1.82) is 0 Å². The molecule has 1 saturated carbocycles. The molecule has 1 aromatic carbocycles. The highest BCUT2D eigenvalue weighted by molar-refractivity contribution is 6.47. The Morgan fingerprint density at radius 1 is 1.25 bits per heavy atom. The van der Waals surface area contributed by atoms with Gasteiger partial charge in [-0.3, -0.25) is 9.79 Å². The minimum Gasteiger partial charge on any atom is -0.390 e. The van der Waals surface area contributed by atoms with E-state index in [2.05, 4.69) is 20.3 Å². The lowest BCUT2D eigenvalue weighted by Crippen LogP contribution is -2.38. The van der Waals surface area contributed by atoms with E-state index in [-0.39, 0.29) is 43.2 Å². The lowest BCUT2D eigenvalue weighted by molar-refractivity contribution is -0.125. The van der Waals surface area contributed by atoms with Gasteiger partial charge in [0.1, 0.15) is 24.0 Å². The zero-order chi connectivity index (χ0) is 22.4. The van der Waals surface area contributed by atoms with E-state index >= 15 is 0 Å². The molecule has 3 aliphatic rings. The molecule has 3 N–H and O–H groups in total. The molecule has 1 aliphatic carbocycles. The predicted octanol–water partition coefficient (Wildman–Crippen LogP) is 1.70. The molecule has 2 aromatic rings. The lowest BCUT2D eigenvalue weighted by atomic mass is 10.0. The molecule has 2 fully saturated rings. The third-order valence-electron chi connectivity index (χ3n) is 6.59. The van der Waals surface area contributed by atoms with Crippen LogP contribution in [0, 0.1) is 6.92 Å². The van der Waals surface area contributed by atoms with Gasteiger partial charge in [-0.1, -0.05) is 29.8 Å². The second-order valence-electron chi connectivity index (χ2n) is 8.82. The van der Waals surface area contributed by atoms with E-state index in [0.717, 1.165) is 11.1 Å². The Labute approximate surface area is 185 Å². The summed E-state index contributed by atoms with van der Waals surface area (Å²) in [6.45, 7) is 2.22. The molecule has 5 atom stereocenters. The average Bonchev–Trinajstić information content (AvgIpc) is 3.47. The second kappa shape index (κ2) is 8.22. The molecule has 0 spiro atoms. The zero-order valence-corrected chi connectivity index (χ0v) is 17.8. The van der Waals surface area contributed by atoms with Crippen LogP contribution < -0.4 is 5.32 Å². The molecule has 0 unspecified atom stereocenters. The average molecular weight is 439 g/mol. The van der Waals surface area contributed by atoms with E-state index in [1.165, 1.54) is 6.33 Å². The van der Waals surface area contributed by atoms with E-state index in [1.54, 1.807) is 4.90 Å². The summed E-state index contributed by atoms with van der Waals surface area (Å²) >= 11 is 0. The van der Waals surface area contributed by atoms with Crippen LogP contribution in [-0.4, -0.2) is 67.7 Å². The topological polar surface area (TPSA) is 111 Å². The smallest absolute Gasteiger partial charge is 0.273 e. The van der Waals surface area contributed by atoms with Gasteiger partial charge in [0.15, 0.2) is 0 Å². The molecule has 3 heterocycles. The van der Waals surface area contributed by atoms with Crippen LogP contribution >= 0.6 is 0 Å². The maximum Gasteiger partial charge on any atom is 0.273 e. The maximum absolute atomic E-state index is 14.5. The number of aryl methyl sites for hydroxylation is 1. The molecule has 5 rings (SSSR count). The van der Waals surface area contributed by atoms with E-state index in [4.69, 9.17) is 0 Å². The number of hydrogen-bond acceptors (Lipinski definition) is 7. The third-order valence-corrected chi connectivity index (χ3v) is 6.59. The number of halogens is 1. The first-order chi connectivity index (χ1) is 15.4. The number of amides is 1. The van der Waals surface area contributed by atoms with Crippen LogP contribution in [0.15, 0.2) is 35.6 Å². The van der Waals surface area contributed by atoms with Crippen molar-refractivity contribution in [3.8, 4) is 0 Å². The molecule has 0 radical (unpaired) electrons. The highest BCUT2D eigenvalue weighted by Crippen LogP contribution is 2.36. The first kappa shape index (κ1) is 21.0. The standard InChI is InChI=1S/C23H26FN5O3/c1-12-3-2-4-13(7-12)17-8-14(24)10-29(17)23(32)20-19-16(9-25-20)26-11-27-22(19)28-15-5-6-18(30)21(15)31/h2-4,7,11,14-15,17-18,21,30-31H,5-6,8-10H2,1H3,(H,26,27,28)/t14-,15+,17+,18+,21-/m0/s1. The summed E-state index contributed by atoms with van der Waals surface area (Å²) in [5.74, 6) is 0.0566. The van der Waals surface area contributed by atoms with E-state index < -0.39 is 18.4 Å². The van der Waals surface area contributed by atoms with Gasteiger partial charge in [-0.05, 0) is 25.3 Å². The maximum atomic E-state index is 14.5. The molecule has 0 bridgehead atoms. The number of carbonyl (C=O) groups excluding carboxylic acids is 1. The monoisotopic (exact) mass is 439 g/mol. The number of aliphatic hydroxyl groups excluding tert-OH is 2. The van der Waals surface area contributed by atoms with Gasteiger partial charge in [0.2, 0.25) is 0 Å². The number of aromatic nitrogens is 2. The zero-order valence-electron chi connectivity index (χ0n) is 17.8. The molecule has 168 valence electrons. The first-order valence-electron chi connectivity index (χ1n) is 11.0. The van der Waals surface area contributed by atoms with Crippen molar-refractivity contribution in [2.24, 2.45) is 4.99 Å². The fourth-order valence-corrected chi connectivity index (χ4v) is 4.94. The molecule has 1 saturated heterocycles. The number of anilines is 1. The van der Waals surface area contributed by atoms with Crippen molar-refractivity contribution in [1.82, 2.24) is 14.9 Å². The largest absolute Gasteiger partial charge is 0.390 e. The summed E-state index contributed by atoms with van der Waals surface area (Å²) in [6.07, 6.45) is -0.121. The van der Waals surface area contributed by atoms with Crippen molar-refractivity contribution in [2.45, 2.75) is 63.2 Å². The van der Waals surface area contributed by atoms with Gasteiger partial charge in [0.25, 0.3) is 5.91 Å². The summed E-state index contributed by atoms with van der Waals surface area (Å²) in [6, 6.07) is 7.04. The third kappa shape index (κ3) is 3.65. The summed E-state index contributed by atoms with van der Waals surface area (Å²) in [7, 11) is 0. The molecule has 2 aliphatic heterocycles. The van der Waals surface area contributed by atoms with Crippen molar-refractivity contribution in [3.63, 3.8) is 0 Å². The van der Waals surface area contributed by atoms with Crippen LogP contribution in [-0.2, 0) is 11.3 Å². The number of nitrogens with zero attached hydrogens (tertiary/aromatic N) is 4. The minimum absolute atomic E-state index is 0.00970. The predicted molar refractivity (Wildman–Crippen MR) is 116 cm³/mol. The lowest BCUT2D eigenvalue weighted by Gasteiger charge is -2.26. The minimum atomic E-state index is -1.11. The highest BCUT2D eigenvalue weighted by Gasteiger charge is 2.41. The summed E-state index contributed by atoms with van der Waals surface area (Å²) in [5.41, 5.74) is 3.28. The number of likely N-dealkylation sites (tertiary alicyclic amines) is 1. The number of benzene rings is 1. The number of nitrogens with one attached hydrogen (secondary N) is 1. The van der Waals surface area contributed by atoms with Gasteiger partial charge in [-0.25, -0.2) is 14.4 Å². The van der Waals surface area contributed by atoms with Crippen molar-refractivity contribution in [3.05, 3.63) is 53.0 Å². The van der Waals surface area contributed by atoms with Crippen LogP contribution in [0.1, 0.15) is 47.7 Å². The van der Waals surface area contributed by atoms with Gasteiger partial charge < -0.3 is 20.4 Å². The fraction of sp³-hybridized carbons (Fsp3) is 0.478. The van der Waals surface area contributed by atoms with E-state index in [0.29, 0.717) is 29.9 Å². The molecular formula is C23H26FN5O3. The van der Waals surface area contributed by atoms with Gasteiger partial charge in [0, 0.05) is 6.42 Å². The van der Waals surface area contributed by atoms with Crippen LogP contribution in [0.4, 0.5) is 10.2 Å². The number of carbonyl (C=O) groups is 1. The van der Waals surface area contributed by atoms with Crippen LogP contribution in [0.2, 0.25) is 0 Å². The van der Waals surface area contributed by atoms with Gasteiger partial charge in [0.05, 0.1) is 48.6 Å². The first-order valence-corrected chi connectivity index (χ1v) is 11.0. The highest BCUT2D eigenvalue weighted by atomic mass is 19.1. The van der Waals surface area contributed by atoms with Gasteiger partial charge in [-0.2, -0.15) is 0 Å². The molecule has 1 amide bonds. The molecule has 1 aromatic heterocycles. The van der Waals surface area contributed by atoms with E-state index in [9.17, 15) is 19.4 Å². The Morgan fingerprint density at radius 3 is 2.84 bits per heavy atom. The van der Waals surface area contributed by atoms with Crippen molar-refractivity contribution in [2.75, 3.05) is 11.9 Å². The van der Waals surface area contributed by atoms with Crippen molar-refractivity contribution < 1.29 is 19.4 Å². The Bertz CT molecular complexity index is 1080. The molecule has 9 heteroatoms. The summed E-state index contributed by atoms with van der Waals surface area (Å²) < 4.78 is 14.5. The fourth-order valence-electron chi connectivity index (χ4n) is 4.94. The number of hydrogen-bond donors (Lipinski definition) is 3. The summed E-state index contributed by atoms with van der Waals surface area (Å²) in [5, 5.41) is 23.3. The van der Waals surface area contributed by atoms with Crippen LogP contribution in [0.25, 0.3) is 0 Å². The Kier molecular flexibility index (Phi) is 5.38. The van der Waals surface area contributed by atoms with E-state index in [1.807, 2.05) is 31.2 Å².